The van der Waals surface area contributed by atoms with Gasteiger partial charge in [-0.05, 0) is 30.7 Å². The van der Waals surface area contributed by atoms with E-state index in [1.54, 1.807) is 6.92 Å². The van der Waals surface area contributed by atoms with E-state index in [9.17, 15) is 4.79 Å². The number of hydrogen-bond donors (Lipinski definition) is 0. The number of nitrogens with zero attached hydrogens (tertiary/aromatic N) is 3. The highest BCUT2D eigenvalue weighted by atomic mass is 16.5. The molecule has 0 saturated heterocycles. The zero-order valence-electron chi connectivity index (χ0n) is 9.64. The predicted octanol–water partition coefficient (Wildman–Crippen LogP) is 2.91. The number of carbonyl (C=O) groups is 1. The molecule has 0 radical (unpaired) electrons. The van der Waals surface area contributed by atoms with E-state index < -0.39 is 0 Å². The molecule has 0 aliphatic carbocycles. The summed E-state index contributed by atoms with van der Waals surface area (Å²) >= 11 is 0. The van der Waals surface area contributed by atoms with Gasteiger partial charge >= 0.3 is 5.97 Å². The molecule has 15 heavy (non-hydrogen) atoms. The fourth-order valence-electron chi connectivity index (χ4n) is 1.50. The Hall–Kier alpha value is -1.22. The van der Waals surface area contributed by atoms with Gasteiger partial charge in [0.15, 0.2) is 0 Å². The number of hydrogen-bond acceptors (Lipinski definition) is 3. The summed E-state index contributed by atoms with van der Waals surface area (Å²) in [6, 6.07) is 0. The Balaban J connectivity index is 4.10. The highest BCUT2D eigenvalue weighted by molar-refractivity contribution is 5.69. The van der Waals surface area contributed by atoms with Crippen molar-refractivity contribution < 1.29 is 9.53 Å². The Labute approximate surface area is 90.4 Å². The molecule has 0 aliphatic heterocycles. The van der Waals surface area contributed by atoms with Gasteiger partial charge in [-0.1, -0.05) is 19.0 Å². The van der Waals surface area contributed by atoms with Crippen LogP contribution in [-0.2, 0) is 9.53 Å². The number of rotatable bonds is 7. The molecule has 0 fully saturated rings. The van der Waals surface area contributed by atoms with Gasteiger partial charge in [-0.2, -0.15) is 0 Å². The van der Waals surface area contributed by atoms with Crippen molar-refractivity contribution in [3.63, 3.8) is 0 Å². The third-order valence-electron chi connectivity index (χ3n) is 1.97. The van der Waals surface area contributed by atoms with Crippen molar-refractivity contribution in [2.24, 2.45) is 17.0 Å². The number of esters is 1. The van der Waals surface area contributed by atoms with E-state index in [0.29, 0.717) is 25.5 Å². The Bertz CT molecular complexity index is 235. The van der Waals surface area contributed by atoms with E-state index in [-0.39, 0.29) is 11.9 Å². The fourth-order valence-corrected chi connectivity index (χ4v) is 1.50. The summed E-state index contributed by atoms with van der Waals surface area (Å²) in [6.07, 6.45) is 1.21. The van der Waals surface area contributed by atoms with Gasteiger partial charge in [0.05, 0.1) is 6.61 Å². The molecule has 0 aromatic carbocycles. The van der Waals surface area contributed by atoms with E-state index in [2.05, 4.69) is 23.9 Å². The number of carbonyl (C=O) groups excluding carboxylic acids is 1. The van der Waals surface area contributed by atoms with Crippen molar-refractivity contribution in [3.05, 3.63) is 10.4 Å². The van der Waals surface area contributed by atoms with Crippen LogP contribution in [0.1, 0.15) is 33.6 Å². The van der Waals surface area contributed by atoms with Gasteiger partial charge in [0.1, 0.15) is 0 Å². The minimum absolute atomic E-state index is 0.0972. The minimum Gasteiger partial charge on any atom is -0.466 e. The third kappa shape index (κ3) is 7.82. The van der Waals surface area contributed by atoms with Gasteiger partial charge < -0.3 is 4.74 Å². The highest BCUT2D eigenvalue weighted by Crippen LogP contribution is 2.16. The number of ether oxygens (including phenoxy) is 1. The molecule has 1 atom stereocenters. The SMILES string of the molecule is CCOC(=O)C[C@@H](CN=[N+]=[N-])CC(C)C. The maximum Gasteiger partial charge on any atom is 0.306 e. The molecule has 0 rings (SSSR count). The summed E-state index contributed by atoms with van der Waals surface area (Å²) in [6.45, 7) is 6.70. The molecule has 0 aromatic heterocycles. The lowest BCUT2D eigenvalue weighted by molar-refractivity contribution is -0.144. The van der Waals surface area contributed by atoms with Crippen LogP contribution in [0, 0.1) is 11.8 Å². The molecule has 0 heterocycles. The molecular weight excluding hydrogens is 194 g/mol. The summed E-state index contributed by atoms with van der Waals surface area (Å²) in [5, 5.41) is 3.51. The Morgan fingerprint density at radius 1 is 1.53 bits per heavy atom. The summed E-state index contributed by atoms with van der Waals surface area (Å²) in [5.74, 6) is 0.370. The van der Waals surface area contributed by atoms with Crippen LogP contribution in [-0.4, -0.2) is 19.1 Å². The van der Waals surface area contributed by atoms with Crippen molar-refractivity contribution >= 4 is 5.97 Å². The first kappa shape index (κ1) is 13.8. The van der Waals surface area contributed by atoms with E-state index in [4.69, 9.17) is 10.3 Å². The smallest absolute Gasteiger partial charge is 0.306 e. The second-order valence-electron chi connectivity index (χ2n) is 3.92. The van der Waals surface area contributed by atoms with Crippen molar-refractivity contribution in [2.45, 2.75) is 33.6 Å². The van der Waals surface area contributed by atoms with Gasteiger partial charge in [0.2, 0.25) is 0 Å². The molecule has 0 aliphatic rings. The Kier molecular flexibility index (Phi) is 7.46. The van der Waals surface area contributed by atoms with Crippen LogP contribution < -0.4 is 0 Å². The van der Waals surface area contributed by atoms with Crippen LogP contribution in [0.15, 0.2) is 5.11 Å². The monoisotopic (exact) mass is 213 g/mol. The van der Waals surface area contributed by atoms with Crippen LogP contribution in [0.5, 0.6) is 0 Å². The average molecular weight is 213 g/mol. The average Bonchev–Trinajstić information content (AvgIpc) is 2.13. The van der Waals surface area contributed by atoms with Crippen LogP contribution in [0.3, 0.4) is 0 Å². The van der Waals surface area contributed by atoms with E-state index in [0.717, 1.165) is 6.42 Å². The molecule has 5 nitrogen and oxygen atoms in total. The molecular formula is C10H19N3O2. The number of azide groups is 1. The second-order valence-corrected chi connectivity index (χ2v) is 3.92. The highest BCUT2D eigenvalue weighted by Gasteiger charge is 2.15. The van der Waals surface area contributed by atoms with Crippen LogP contribution in [0.25, 0.3) is 10.4 Å². The normalized spacial score (nSPS) is 12.0. The molecule has 0 N–H and O–H groups in total. The molecule has 0 unspecified atom stereocenters. The molecule has 0 bridgehead atoms. The van der Waals surface area contributed by atoms with Gasteiger partial charge in [-0.25, -0.2) is 0 Å². The van der Waals surface area contributed by atoms with Crippen molar-refractivity contribution in [1.82, 2.24) is 0 Å². The van der Waals surface area contributed by atoms with Crippen LogP contribution in [0.2, 0.25) is 0 Å². The van der Waals surface area contributed by atoms with E-state index in [1.165, 1.54) is 0 Å². The second kappa shape index (κ2) is 8.12. The van der Waals surface area contributed by atoms with Crippen LogP contribution in [0.4, 0.5) is 0 Å². The van der Waals surface area contributed by atoms with Gasteiger partial charge in [-0.3, -0.25) is 4.79 Å². The molecule has 0 saturated carbocycles. The lowest BCUT2D eigenvalue weighted by atomic mass is 9.94. The summed E-state index contributed by atoms with van der Waals surface area (Å²) in [7, 11) is 0. The Morgan fingerprint density at radius 2 is 2.20 bits per heavy atom. The summed E-state index contributed by atoms with van der Waals surface area (Å²) in [5.41, 5.74) is 8.23. The first-order chi connectivity index (χ1) is 7.10. The zero-order chi connectivity index (χ0) is 11.7. The molecule has 0 amide bonds. The van der Waals surface area contributed by atoms with E-state index >= 15 is 0 Å². The Morgan fingerprint density at radius 3 is 2.67 bits per heavy atom. The lowest BCUT2D eigenvalue weighted by Crippen LogP contribution is -2.15. The standard InChI is InChI=1S/C10H19N3O2/c1-4-15-10(14)6-9(5-8(2)3)7-12-13-11/h8-9H,4-7H2,1-3H3/t9-/m0/s1. The van der Waals surface area contributed by atoms with Crippen LogP contribution >= 0.6 is 0 Å². The molecule has 86 valence electrons. The molecule has 0 aromatic rings. The topological polar surface area (TPSA) is 75.1 Å². The lowest BCUT2D eigenvalue weighted by Gasteiger charge is -2.15. The van der Waals surface area contributed by atoms with Gasteiger partial charge in [-0.15, -0.1) is 0 Å². The maximum atomic E-state index is 11.2. The van der Waals surface area contributed by atoms with Gasteiger partial charge in [0.25, 0.3) is 0 Å². The molecule has 0 spiro atoms. The third-order valence-corrected chi connectivity index (χ3v) is 1.97. The zero-order valence-corrected chi connectivity index (χ0v) is 9.64. The summed E-state index contributed by atoms with van der Waals surface area (Å²) < 4.78 is 4.86. The first-order valence-corrected chi connectivity index (χ1v) is 5.26. The van der Waals surface area contributed by atoms with Crippen molar-refractivity contribution in [2.75, 3.05) is 13.2 Å². The predicted molar refractivity (Wildman–Crippen MR) is 58.2 cm³/mol. The largest absolute Gasteiger partial charge is 0.466 e. The quantitative estimate of drug-likeness (QED) is 0.282. The van der Waals surface area contributed by atoms with E-state index in [1.807, 2.05) is 0 Å². The summed E-state index contributed by atoms with van der Waals surface area (Å²) in [4.78, 5) is 14.0. The van der Waals surface area contributed by atoms with Crippen molar-refractivity contribution in [3.8, 4) is 0 Å². The fraction of sp³-hybridized carbons (Fsp3) is 0.900. The first-order valence-electron chi connectivity index (χ1n) is 5.26. The maximum absolute atomic E-state index is 11.2. The minimum atomic E-state index is -0.212. The molecule has 5 heteroatoms. The van der Waals surface area contributed by atoms with Gasteiger partial charge in [0, 0.05) is 17.9 Å². The van der Waals surface area contributed by atoms with Crippen molar-refractivity contribution in [1.29, 1.82) is 0 Å².